The van der Waals surface area contributed by atoms with Crippen molar-refractivity contribution in [3.63, 3.8) is 0 Å². The fourth-order valence-corrected chi connectivity index (χ4v) is 3.15. The van der Waals surface area contributed by atoms with Crippen molar-refractivity contribution in [3.8, 4) is 22.7 Å². The number of nitrogens with zero attached hydrogens (tertiary/aromatic N) is 7. The number of hydrogen-bond donors (Lipinski definition) is 1. The van der Waals surface area contributed by atoms with Crippen LogP contribution in [0.15, 0.2) is 47.6 Å². The highest BCUT2D eigenvalue weighted by Gasteiger charge is 2.30. The number of aromatic nitrogens is 7. The van der Waals surface area contributed by atoms with Crippen molar-refractivity contribution in [2.24, 2.45) is 0 Å². The lowest BCUT2D eigenvalue weighted by molar-refractivity contribution is -0.0286. The smallest absolute Gasteiger partial charge is 0.261 e. The minimum Gasteiger partial charge on any atom is -0.377 e. The lowest BCUT2D eigenvalue weighted by Gasteiger charge is -2.25. The van der Waals surface area contributed by atoms with Gasteiger partial charge in [-0.15, -0.1) is 0 Å². The fraction of sp³-hybridized carbons (Fsp3) is 0.300. The number of rotatable bonds is 5. The monoisotopic (exact) mass is 404 g/mol. The molecule has 0 spiro atoms. The molecular formula is C20H20N8O2. The molecule has 1 aliphatic rings. The molecule has 0 unspecified atom stereocenters. The van der Waals surface area contributed by atoms with Gasteiger partial charge in [-0.2, -0.15) is 10.1 Å². The van der Waals surface area contributed by atoms with Crippen LogP contribution in [0, 0.1) is 0 Å². The maximum absolute atomic E-state index is 5.54. The summed E-state index contributed by atoms with van der Waals surface area (Å²) >= 11 is 0. The predicted octanol–water partition coefficient (Wildman–Crippen LogP) is 2.26. The van der Waals surface area contributed by atoms with E-state index in [1.165, 1.54) is 0 Å². The maximum Gasteiger partial charge on any atom is 0.261 e. The molecule has 0 saturated carbocycles. The second kappa shape index (κ2) is 6.99. The Bertz CT molecular complexity index is 1160. The van der Waals surface area contributed by atoms with Crippen molar-refractivity contribution in [3.05, 3.63) is 54.5 Å². The number of ether oxygens (including phenoxy) is 1. The first-order valence-electron chi connectivity index (χ1n) is 9.51. The molecule has 0 radical (unpaired) electrons. The van der Waals surface area contributed by atoms with Crippen LogP contribution in [0.25, 0.3) is 22.7 Å². The standard InChI is InChI=1S/C20H20N8O2/c1-20(2,14-3-4-16(22-8-14)12-5-23-19(21)24-6-12)18-26-17(30-27-18)13-7-25-28(9-13)15-10-29-11-15/h3-9,15H,10-11H2,1-2H3,(H2,21,23,24). The zero-order valence-electron chi connectivity index (χ0n) is 16.6. The molecule has 1 aliphatic heterocycles. The Hall–Kier alpha value is -3.66. The molecule has 0 atom stereocenters. The van der Waals surface area contributed by atoms with Gasteiger partial charge in [0, 0.05) is 30.4 Å². The van der Waals surface area contributed by atoms with Gasteiger partial charge in [0.2, 0.25) is 5.95 Å². The second-order valence-electron chi connectivity index (χ2n) is 7.71. The molecule has 0 bridgehead atoms. The molecular weight excluding hydrogens is 384 g/mol. The van der Waals surface area contributed by atoms with Gasteiger partial charge in [0.25, 0.3) is 5.89 Å². The van der Waals surface area contributed by atoms with Crippen LogP contribution in [-0.2, 0) is 10.2 Å². The summed E-state index contributed by atoms with van der Waals surface area (Å²) in [7, 11) is 0. The van der Waals surface area contributed by atoms with E-state index in [-0.39, 0.29) is 12.0 Å². The Morgan fingerprint density at radius 3 is 2.50 bits per heavy atom. The molecule has 10 heteroatoms. The number of nitrogen functional groups attached to an aromatic ring is 1. The Kier molecular flexibility index (Phi) is 4.28. The van der Waals surface area contributed by atoms with E-state index >= 15 is 0 Å². The molecule has 2 N–H and O–H groups in total. The SMILES string of the molecule is CC(C)(c1ccc(-c2cnc(N)nc2)nc1)c1noc(-c2cnn(C3COC3)c2)n1. The Morgan fingerprint density at radius 1 is 1.03 bits per heavy atom. The minimum atomic E-state index is -0.497. The van der Waals surface area contributed by atoms with E-state index in [0.717, 1.165) is 22.4 Å². The van der Waals surface area contributed by atoms with E-state index in [0.29, 0.717) is 24.9 Å². The largest absolute Gasteiger partial charge is 0.377 e. The quantitative estimate of drug-likeness (QED) is 0.532. The number of pyridine rings is 1. The van der Waals surface area contributed by atoms with Crippen LogP contribution in [0.4, 0.5) is 5.95 Å². The van der Waals surface area contributed by atoms with E-state index in [4.69, 9.17) is 15.0 Å². The highest BCUT2D eigenvalue weighted by atomic mass is 16.5. The zero-order valence-corrected chi connectivity index (χ0v) is 16.6. The molecule has 1 saturated heterocycles. The van der Waals surface area contributed by atoms with Crippen molar-refractivity contribution in [1.82, 2.24) is 34.9 Å². The molecule has 5 heterocycles. The third-order valence-corrected chi connectivity index (χ3v) is 5.28. The van der Waals surface area contributed by atoms with Crippen LogP contribution >= 0.6 is 0 Å². The third-order valence-electron chi connectivity index (χ3n) is 5.28. The normalized spacial score (nSPS) is 14.6. The predicted molar refractivity (Wildman–Crippen MR) is 107 cm³/mol. The summed E-state index contributed by atoms with van der Waals surface area (Å²) < 4.78 is 12.6. The van der Waals surface area contributed by atoms with E-state index in [2.05, 4.69) is 30.2 Å². The van der Waals surface area contributed by atoms with Gasteiger partial charge < -0.3 is 15.0 Å². The fourth-order valence-electron chi connectivity index (χ4n) is 3.15. The van der Waals surface area contributed by atoms with E-state index in [1.54, 1.807) is 24.8 Å². The van der Waals surface area contributed by atoms with Crippen LogP contribution in [0.5, 0.6) is 0 Å². The highest BCUT2D eigenvalue weighted by Crippen LogP contribution is 2.31. The van der Waals surface area contributed by atoms with Gasteiger partial charge in [-0.3, -0.25) is 9.67 Å². The summed E-state index contributed by atoms with van der Waals surface area (Å²) in [4.78, 5) is 17.2. The average molecular weight is 404 g/mol. The van der Waals surface area contributed by atoms with Crippen LogP contribution in [0.2, 0.25) is 0 Å². The van der Waals surface area contributed by atoms with Crippen molar-refractivity contribution in [2.45, 2.75) is 25.3 Å². The maximum atomic E-state index is 5.54. The molecule has 0 aliphatic carbocycles. The molecule has 4 aromatic rings. The molecule has 30 heavy (non-hydrogen) atoms. The third kappa shape index (κ3) is 3.20. The van der Waals surface area contributed by atoms with Crippen molar-refractivity contribution in [2.75, 3.05) is 18.9 Å². The van der Waals surface area contributed by atoms with Crippen molar-refractivity contribution < 1.29 is 9.26 Å². The first-order chi connectivity index (χ1) is 14.5. The van der Waals surface area contributed by atoms with Gasteiger partial charge in [-0.05, 0) is 25.5 Å². The molecule has 10 nitrogen and oxygen atoms in total. The van der Waals surface area contributed by atoms with E-state index < -0.39 is 5.41 Å². The van der Waals surface area contributed by atoms with Gasteiger partial charge in [-0.1, -0.05) is 11.2 Å². The van der Waals surface area contributed by atoms with E-state index in [1.807, 2.05) is 36.9 Å². The molecule has 0 amide bonds. The number of hydrogen-bond acceptors (Lipinski definition) is 9. The zero-order chi connectivity index (χ0) is 20.7. The summed E-state index contributed by atoms with van der Waals surface area (Å²) in [5, 5.41) is 8.58. The second-order valence-corrected chi connectivity index (χ2v) is 7.71. The molecule has 1 fully saturated rings. The Balaban J connectivity index is 1.38. The summed E-state index contributed by atoms with van der Waals surface area (Å²) in [5.41, 5.74) is 8.34. The average Bonchev–Trinajstić information content (AvgIpc) is 3.37. The number of anilines is 1. The summed E-state index contributed by atoms with van der Waals surface area (Å²) in [5.74, 6) is 1.24. The van der Waals surface area contributed by atoms with Crippen LogP contribution in [0.3, 0.4) is 0 Å². The molecule has 0 aromatic carbocycles. The van der Waals surface area contributed by atoms with Crippen molar-refractivity contribution >= 4 is 5.95 Å². The van der Waals surface area contributed by atoms with Crippen LogP contribution in [0.1, 0.15) is 31.3 Å². The van der Waals surface area contributed by atoms with Gasteiger partial charge in [0.15, 0.2) is 5.82 Å². The molecule has 5 rings (SSSR count). The topological polar surface area (TPSA) is 131 Å². The van der Waals surface area contributed by atoms with Crippen LogP contribution in [-0.4, -0.2) is 48.1 Å². The van der Waals surface area contributed by atoms with Crippen molar-refractivity contribution in [1.29, 1.82) is 0 Å². The Morgan fingerprint density at radius 2 is 1.83 bits per heavy atom. The first-order valence-corrected chi connectivity index (χ1v) is 9.51. The summed E-state index contributed by atoms with van der Waals surface area (Å²) in [6.45, 7) is 5.41. The van der Waals surface area contributed by atoms with Gasteiger partial charge >= 0.3 is 0 Å². The van der Waals surface area contributed by atoms with Gasteiger partial charge in [0.1, 0.15) is 0 Å². The molecule has 152 valence electrons. The van der Waals surface area contributed by atoms with Crippen LogP contribution < -0.4 is 5.73 Å². The first kappa shape index (κ1) is 18.4. The summed E-state index contributed by atoms with van der Waals surface area (Å²) in [6, 6.07) is 4.18. The number of nitrogens with two attached hydrogens (primary N) is 1. The lowest BCUT2D eigenvalue weighted by Crippen LogP contribution is -2.30. The Labute approximate surface area is 172 Å². The van der Waals surface area contributed by atoms with Gasteiger partial charge in [0.05, 0.1) is 42.1 Å². The molecule has 4 aromatic heterocycles. The highest BCUT2D eigenvalue weighted by molar-refractivity contribution is 5.57. The van der Waals surface area contributed by atoms with Gasteiger partial charge in [-0.25, -0.2) is 9.97 Å². The minimum absolute atomic E-state index is 0.232. The lowest BCUT2D eigenvalue weighted by atomic mass is 9.85. The summed E-state index contributed by atoms with van der Waals surface area (Å²) in [6.07, 6.45) is 8.74. The van der Waals surface area contributed by atoms with E-state index in [9.17, 15) is 0 Å².